The average Bonchev–Trinajstić information content (AvgIpc) is 3.02. The molecule has 1 fully saturated rings. The zero-order valence-electron chi connectivity index (χ0n) is 16.2. The van der Waals surface area contributed by atoms with Gasteiger partial charge < -0.3 is 14.1 Å². The zero-order valence-corrected chi connectivity index (χ0v) is 17.0. The summed E-state index contributed by atoms with van der Waals surface area (Å²) in [5.74, 6) is 1.40. The predicted octanol–water partition coefficient (Wildman–Crippen LogP) is 4.68. The van der Waals surface area contributed by atoms with Crippen molar-refractivity contribution in [3.8, 4) is 11.5 Å². The van der Waals surface area contributed by atoms with Crippen LogP contribution in [0.1, 0.15) is 43.6 Å². The van der Waals surface area contributed by atoms with Gasteiger partial charge in [-0.25, -0.2) is 4.98 Å². The lowest BCUT2D eigenvalue weighted by atomic mass is 10.1. The predicted molar refractivity (Wildman–Crippen MR) is 108 cm³/mol. The van der Waals surface area contributed by atoms with Crippen LogP contribution in [0.2, 0.25) is 0 Å². The van der Waals surface area contributed by atoms with E-state index < -0.39 is 0 Å². The first-order valence-electron chi connectivity index (χ1n) is 9.63. The molecule has 1 aliphatic heterocycles. The zero-order chi connectivity index (χ0) is 19.1. The second-order valence-electron chi connectivity index (χ2n) is 6.89. The molecule has 0 aliphatic carbocycles. The van der Waals surface area contributed by atoms with E-state index >= 15 is 0 Å². The van der Waals surface area contributed by atoms with Gasteiger partial charge in [-0.3, -0.25) is 4.79 Å². The summed E-state index contributed by atoms with van der Waals surface area (Å²) in [6.45, 7) is 3.97. The largest absolute Gasteiger partial charge is 0.441 e. The lowest BCUT2D eigenvalue weighted by Gasteiger charge is -2.24. The minimum absolute atomic E-state index is 0.0749. The molecular formula is C21H28N2O3S. The first kappa shape index (κ1) is 20.0. The molecule has 0 saturated carbocycles. The molecule has 6 heteroatoms. The Bertz CT molecular complexity index is 734. The third-order valence-corrected chi connectivity index (χ3v) is 5.65. The summed E-state index contributed by atoms with van der Waals surface area (Å²) in [5.41, 5.74) is 1.69. The van der Waals surface area contributed by atoms with Gasteiger partial charge in [0, 0.05) is 23.5 Å². The van der Waals surface area contributed by atoms with Crippen molar-refractivity contribution in [1.29, 1.82) is 0 Å². The number of amides is 1. The molecule has 3 rings (SSSR count). The van der Waals surface area contributed by atoms with E-state index in [4.69, 9.17) is 9.15 Å². The van der Waals surface area contributed by atoms with Crippen LogP contribution in [0.25, 0.3) is 11.5 Å². The summed E-state index contributed by atoms with van der Waals surface area (Å²) < 4.78 is 11.4. The van der Waals surface area contributed by atoms with E-state index in [0.29, 0.717) is 5.89 Å². The van der Waals surface area contributed by atoms with Crippen LogP contribution in [0.3, 0.4) is 0 Å². The molecule has 1 aliphatic rings. The Morgan fingerprint density at radius 2 is 1.81 bits per heavy atom. The number of aromatic nitrogens is 1. The Balaban J connectivity index is 1.53. The van der Waals surface area contributed by atoms with Crippen LogP contribution in [0, 0.1) is 6.92 Å². The van der Waals surface area contributed by atoms with Gasteiger partial charge in [0.25, 0.3) is 0 Å². The Labute approximate surface area is 165 Å². The molecule has 0 spiro atoms. The molecule has 146 valence electrons. The van der Waals surface area contributed by atoms with Crippen LogP contribution >= 0.6 is 11.8 Å². The first-order chi connectivity index (χ1) is 13.2. The fraction of sp³-hybridized carbons (Fsp3) is 0.524. The number of hydrogen-bond donors (Lipinski definition) is 0. The summed E-state index contributed by atoms with van der Waals surface area (Å²) in [7, 11) is 0. The number of rotatable bonds is 6. The quantitative estimate of drug-likeness (QED) is 0.673. The van der Waals surface area contributed by atoms with Gasteiger partial charge in [0.2, 0.25) is 11.8 Å². The monoisotopic (exact) mass is 388 g/mol. The molecule has 0 N–H and O–H groups in total. The highest BCUT2D eigenvalue weighted by molar-refractivity contribution is 7.98. The molecule has 0 atom stereocenters. The van der Waals surface area contributed by atoms with Crippen LogP contribution in [-0.2, 0) is 16.1 Å². The highest BCUT2D eigenvalue weighted by atomic mass is 32.2. The molecule has 0 radical (unpaired) electrons. The molecule has 0 bridgehead atoms. The Kier molecular flexibility index (Phi) is 7.35. The molecule has 1 saturated heterocycles. The molecule has 2 heterocycles. The van der Waals surface area contributed by atoms with Crippen LogP contribution in [-0.4, -0.2) is 41.7 Å². The molecule has 1 aromatic heterocycles. The maximum atomic E-state index is 12.4. The van der Waals surface area contributed by atoms with E-state index in [1.807, 2.05) is 30.2 Å². The number of carbonyl (C=O) groups excluding carboxylic acids is 1. The SMILES string of the molecule is CSc1ccc(-c2nc(COCC(=O)N3CCCCCCC3)c(C)o2)cc1. The topological polar surface area (TPSA) is 55.6 Å². The molecule has 5 nitrogen and oxygen atoms in total. The fourth-order valence-electron chi connectivity index (χ4n) is 3.24. The smallest absolute Gasteiger partial charge is 0.248 e. The summed E-state index contributed by atoms with van der Waals surface area (Å²) in [6, 6.07) is 8.12. The van der Waals surface area contributed by atoms with Gasteiger partial charge in [-0.05, 0) is 50.3 Å². The van der Waals surface area contributed by atoms with E-state index in [1.165, 1.54) is 24.2 Å². The number of carbonyl (C=O) groups is 1. The van der Waals surface area contributed by atoms with E-state index in [2.05, 4.69) is 17.1 Å². The lowest BCUT2D eigenvalue weighted by Crippen LogP contribution is -2.36. The van der Waals surface area contributed by atoms with Crippen molar-refractivity contribution in [2.45, 2.75) is 50.5 Å². The molecule has 0 unspecified atom stereocenters. The van der Waals surface area contributed by atoms with Gasteiger partial charge in [-0.2, -0.15) is 0 Å². The number of benzene rings is 1. The van der Waals surface area contributed by atoms with E-state index in [-0.39, 0.29) is 19.1 Å². The van der Waals surface area contributed by atoms with Crippen LogP contribution in [0.15, 0.2) is 33.6 Å². The second kappa shape index (κ2) is 9.95. The van der Waals surface area contributed by atoms with Crippen molar-refractivity contribution < 1.29 is 13.9 Å². The van der Waals surface area contributed by atoms with Crippen molar-refractivity contribution >= 4 is 17.7 Å². The van der Waals surface area contributed by atoms with Crippen LogP contribution in [0.5, 0.6) is 0 Å². The van der Waals surface area contributed by atoms with Crippen LogP contribution < -0.4 is 0 Å². The number of ether oxygens (including phenoxy) is 1. The van der Waals surface area contributed by atoms with Gasteiger partial charge >= 0.3 is 0 Å². The third kappa shape index (κ3) is 5.59. The van der Waals surface area contributed by atoms with E-state index in [0.717, 1.165) is 42.9 Å². The van der Waals surface area contributed by atoms with Gasteiger partial charge in [-0.15, -0.1) is 11.8 Å². The van der Waals surface area contributed by atoms with E-state index in [1.54, 1.807) is 11.8 Å². The number of aryl methyl sites for hydroxylation is 1. The van der Waals surface area contributed by atoms with Gasteiger partial charge in [0.1, 0.15) is 18.1 Å². The van der Waals surface area contributed by atoms with E-state index in [9.17, 15) is 4.79 Å². The minimum atomic E-state index is 0.0749. The first-order valence-corrected chi connectivity index (χ1v) is 10.9. The molecule has 1 amide bonds. The molecule has 27 heavy (non-hydrogen) atoms. The summed E-state index contributed by atoms with van der Waals surface area (Å²) in [5, 5.41) is 0. The maximum Gasteiger partial charge on any atom is 0.248 e. The molecule has 2 aromatic rings. The number of hydrogen-bond acceptors (Lipinski definition) is 5. The van der Waals surface area contributed by atoms with Gasteiger partial charge in [0.05, 0.1) is 6.61 Å². The highest BCUT2D eigenvalue weighted by Crippen LogP contribution is 2.24. The Morgan fingerprint density at radius 3 is 2.48 bits per heavy atom. The lowest BCUT2D eigenvalue weighted by molar-refractivity contribution is -0.137. The summed E-state index contributed by atoms with van der Waals surface area (Å²) >= 11 is 1.70. The number of likely N-dealkylation sites (tertiary alicyclic amines) is 1. The fourth-order valence-corrected chi connectivity index (χ4v) is 3.65. The van der Waals surface area contributed by atoms with Crippen LogP contribution in [0.4, 0.5) is 0 Å². The Hall–Kier alpha value is -1.79. The maximum absolute atomic E-state index is 12.4. The molecular weight excluding hydrogens is 360 g/mol. The highest BCUT2D eigenvalue weighted by Gasteiger charge is 2.16. The third-order valence-electron chi connectivity index (χ3n) is 4.90. The number of oxazole rings is 1. The van der Waals surface area contributed by atoms with Crippen molar-refractivity contribution in [2.24, 2.45) is 0 Å². The Morgan fingerprint density at radius 1 is 1.15 bits per heavy atom. The second-order valence-corrected chi connectivity index (χ2v) is 7.77. The van der Waals surface area contributed by atoms with Crippen molar-refractivity contribution in [3.63, 3.8) is 0 Å². The standard InChI is InChI=1S/C21H28N2O3S/c1-16-19(22-21(26-16)17-8-10-18(27-2)11-9-17)14-25-15-20(24)23-12-6-4-3-5-7-13-23/h8-11H,3-7,12-15H2,1-2H3. The summed E-state index contributed by atoms with van der Waals surface area (Å²) in [4.78, 5) is 20.1. The summed E-state index contributed by atoms with van der Waals surface area (Å²) in [6.07, 6.45) is 7.94. The minimum Gasteiger partial charge on any atom is -0.441 e. The average molecular weight is 389 g/mol. The molecule has 1 aromatic carbocycles. The van der Waals surface area contributed by atoms with Gasteiger partial charge in [0.15, 0.2) is 0 Å². The number of thioether (sulfide) groups is 1. The number of nitrogens with zero attached hydrogens (tertiary/aromatic N) is 2. The van der Waals surface area contributed by atoms with Crippen molar-refractivity contribution in [3.05, 3.63) is 35.7 Å². The van der Waals surface area contributed by atoms with Gasteiger partial charge in [-0.1, -0.05) is 19.3 Å². The normalized spacial score (nSPS) is 15.4. The van der Waals surface area contributed by atoms with Crippen molar-refractivity contribution in [2.75, 3.05) is 26.0 Å². The van der Waals surface area contributed by atoms with Crippen molar-refractivity contribution in [1.82, 2.24) is 9.88 Å².